The van der Waals surface area contributed by atoms with Crippen LogP contribution in [0.5, 0.6) is 0 Å². The van der Waals surface area contributed by atoms with Gasteiger partial charge in [-0.05, 0) is 63.1 Å². The smallest absolute Gasteiger partial charge is 0.253 e. The van der Waals surface area contributed by atoms with Gasteiger partial charge in [0.25, 0.3) is 5.91 Å². The zero-order chi connectivity index (χ0) is 28.3. The number of nitrogens with one attached hydrogen (secondary N) is 1. The zero-order valence-corrected chi connectivity index (χ0v) is 24.2. The summed E-state index contributed by atoms with van der Waals surface area (Å²) in [5, 5.41) is 12.6. The van der Waals surface area contributed by atoms with E-state index in [0.717, 1.165) is 0 Å². The fraction of sp³-hybridized carbons (Fsp3) is 0.481. The average molecular weight is 586 g/mol. The van der Waals surface area contributed by atoms with E-state index in [1.54, 1.807) is 70.2 Å². The quantitative estimate of drug-likeness (QED) is 0.458. The number of nitrogens with zero attached hydrogens (tertiary/aromatic N) is 1. The van der Waals surface area contributed by atoms with Gasteiger partial charge in [0.1, 0.15) is 12.2 Å². The summed E-state index contributed by atoms with van der Waals surface area (Å²) in [5.41, 5.74) is 1.36. The van der Waals surface area contributed by atoms with Crippen molar-refractivity contribution in [3.05, 3.63) is 69.7 Å². The van der Waals surface area contributed by atoms with Crippen LogP contribution in [0.3, 0.4) is 0 Å². The molecule has 4 unspecified atom stereocenters. The standard InChI is InChI=1S/C27H34Cl2N2O6S/c1-17(16-38(35,36)27(2,3)4)31-24(18-8-10-20(28)11-9-18)25(19-6-5-7-21(29)14-19)37-22(26(31)34)15-23(33)30-12-13-32/h5-11,14,17,22,24-25,32H,12-13,15-16H2,1-4H3,(H,30,33). The molecule has 0 saturated carbocycles. The van der Waals surface area contributed by atoms with Gasteiger partial charge in [-0.2, -0.15) is 0 Å². The van der Waals surface area contributed by atoms with Crippen LogP contribution >= 0.6 is 23.2 Å². The van der Waals surface area contributed by atoms with E-state index in [-0.39, 0.29) is 25.3 Å². The highest BCUT2D eigenvalue weighted by Crippen LogP contribution is 2.44. The summed E-state index contributed by atoms with van der Waals surface area (Å²) in [7, 11) is -3.61. The number of morpholine rings is 1. The monoisotopic (exact) mass is 584 g/mol. The zero-order valence-electron chi connectivity index (χ0n) is 21.9. The van der Waals surface area contributed by atoms with E-state index in [4.69, 9.17) is 33.0 Å². The van der Waals surface area contributed by atoms with Crippen molar-refractivity contribution in [2.45, 2.75) is 63.2 Å². The van der Waals surface area contributed by atoms with Crippen LogP contribution in [0.1, 0.15) is 57.4 Å². The first-order chi connectivity index (χ1) is 17.7. The molecule has 2 N–H and O–H groups in total. The van der Waals surface area contributed by atoms with Crippen LogP contribution in [0.25, 0.3) is 0 Å². The lowest BCUT2D eigenvalue weighted by atomic mass is 9.90. The number of hydrogen-bond acceptors (Lipinski definition) is 6. The number of carbonyl (C=O) groups excluding carboxylic acids is 2. The number of amides is 2. The molecule has 2 amide bonds. The largest absolute Gasteiger partial charge is 0.395 e. The molecule has 1 fully saturated rings. The van der Waals surface area contributed by atoms with E-state index in [9.17, 15) is 18.0 Å². The summed E-state index contributed by atoms with van der Waals surface area (Å²) in [5.74, 6) is -1.25. The molecule has 4 atom stereocenters. The third-order valence-corrected chi connectivity index (χ3v) is 9.76. The number of benzene rings is 2. The fourth-order valence-electron chi connectivity index (χ4n) is 4.41. The summed E-state index contributed by atoms with van der Waals surface area (Å²) >= 11 is 12.4. The molecular formula is C27H34Cl2N2O6S. The van der Waals surface area contributed by atoms with Gasteiger partial charge >= 0.3 is 0 Å². The number of carbonyl (C=O) groups is 2. The maximum Gasteiger partial charge on any atom is 0.253 e. The summed E-state index contributed by atoms with van der Waals surface area (Å²) in [6, 6.07) is 12.5. The number of hydrogen-bond donors (Lipinski definition) is 2. The van der Waals surface area contributed by atoms with Crippen molar-refractivity contribution < 1.29 is 27.9 Å². The molecule has 0 spiro atoms. The maximum absolute atomic E-state index is 13.9. The minimum atomic E-state index is -3.61. The Kier molecular flexibility index (Phi) is 9.87. The van der Waals surface area contributed by atoms with Gasteiger partial charge < -0.3 is 20.1 Å². The molecule has 0 aromatic heterocycles. The third kappa shape index (κ3) is 7.07. The maximum atomic E-state index is 13.9. The number of aliphatic hydroxyl groups is 1. The van der Waals surface area contributed by atoms with Crippen LogP contribution in [0.15, 0.2) is 48.5 Å². The van der Waals surface area contributed by atoms with Gasteiger partial charge in [0, 0.05) is 22.6 Å². The Hall–Kier alpha value is -2.17. The first kappa shape index (κ1) is 30.4. The Morgan fingerprint density at radius 1 is 1.11 bits per heavy atom. The second-order valence-corrected chi connectivity index (χ2v) is 14.0. The number of rotatable bonds is 9. The Morgan fingerprint density at radius 3 is 2.34 bits per heavy atom. The lowest BCUT2D eigenvalue weighted by Crippen LogP contribution is -2.57. The van der Waals surface area contributed by atoms with Crippen LogP contribution in [0.2, 0.25) is 10.0 Å². The van der Waals surface area contributed by atoms with Gasteiger partial charge in [0.2, 0.25) is 5.91 Å². The molecule has 0 radical (unpaired) electrons. The lowest BCUT2D eigenvalue weighted by Gasteiger charge is -2.47. The van der Waals surface area contributed by atoms with Crippen molar-refractivity contribution in [3.8, 4) is 0 Å². The van der Waals surface area contributed by atoms with Crippen molar-refractivity contribution in [2.75, 3.05) is 18.9 Å². The van der Waals surface area contributed by atoms with Gasteiger partial charge in [-0.3, -0.25) is 9.59 Å². The molecule has 38 heavy (non-hydrogen) atoms. The second kappa shape index (κ2) is 12.3. The molecule has 1 aliphatic heterocycles. The first-order valence-corrected chi connectivity index (χ1v) is 14.7. The van der Waals surface area contributed by atoms with Gasteiger partial charge in [-0.1, -0.05) is 47.5 Å². The summed E-state index contributed by atoms with van der Waals surface area (Å²) in [6.07, 6.45) is -2.23. The highest BCUT2D eigenvalue weighted by molar-refractivity contribution is 7.92. The van der Waals surface area contributed by atoms with Crippen LogP contribution in [0, 0.1) is 0 Å². The van der Waals surface area contributed by atoms with E-state index >= 15 is 0 Å². The van der Waals surface area contributed by atoms with E-state index in [2.05, 4.69) is 5.32 Å². The normalized spacial score (nSPS) is 21.3. The number of ether oxygens (including phenoxy) is 1. The molecule has 3 rings (SSSR count). The number of sulfone groups is 1. The Bertz CT molecular complexity index is 1250. The molecule has 1 heterocycles. The molecule has 0 bridgehead atoms. The van der Waals surface area contributed by atoms with Gasteiger partial charge in [-0.25, -0.2) is 8.42 Å². The Balaban J connectivity index is 2.14. The predicted octanol–water partition coefficient (Wildman–Crippen LogP) is 4.10. The molecule has 8 nitrogen and oxygen atoms in total. The molecule has 1 saturated heterocycles. The summed E-state index contributed by atoms with van der Waals surface area (Å²) in [6.45, 7) is 6.34. The SMILES string of the molecule is CC(CS(=O)(=O)C(C)(C)C)N1C(=O)C(CC(=O)NCCO)OC(c2cccc(Cl)c2)C1c1ccc(Cl)cc1. The summed E-state index contributed by atoms with van der Waals surface area (Å²) < 4.78 is 31.6. The van der Waals surface area contributed by atoms with Crippen LogP contribution in [-0.4, -0.2) is 66.0 Å². The first-order valence-electron chi connectivity index (χ1n) is 12.3. The van der Waals surface area contributed by atoms with Crippen molar-refractivity contribution in [1.82, 2.24) is 10.2 Å². The highest BCUT2D eigenvalue weighted by atomic mass is 35.5. The number of aliphatic hydroxyl groups excluding tert-OH is 1. The molecule has 2 aromatic carbocycles. The minimum Gasteiger partial charge on any atom is -0.395 e. The van der Waals surface area contributed by atoms with Gasteiger partial charge in [-0.15, -0.1) is 0 Å². The third-order valence-electron chi connectivity index (χ3n) is 6.49. The molecular weight excluding hydrogens is 551 g/mol. The molecule has 11 heteroatoms. The molecule has 1 aliphatic rings. The molecule has 0 aliphatic carbocycles. The van der Waals surface area contributed by atoms with Crippen LogP contribution < -0.4 is 5.32 Å². The minimum absolute atomic E-state index is 0.0365. The van der Waals surface area contributed by atoms with Crippen LogP contribution in [0.4, 0.5) is 0 Å². The van der Waals surface area contributed by atoms with E-state index in [1.165, 1.54) is 4.90 Å². The van der Waals surface area contributed by atoms with Crippen molar-refractivity contribution in [1.29, 1.82) is 0 Å². The number of halogens is 2. The fourth-order valence-corrected chi connectivity index (χ4v) is 6.03. The summed E-state index contributed by atoms with van der Waals surface area (Å²) in [4.78, 5) is 28.0. The topological polar surface area (TPSA) is 113 Å². The predicted molar refractivity (Wildman–Crippen MR) is 148 cm³/mol. The van der Waals surface area contributed by atoms with E-state index in [1.807, 2.05) is 6.07 Å². The lowest BCUT2D eigenvalue weighted by molar-refractivity contribution is -0.179. The average Bonchev–Trinajstić information content (AvgIpc) is 2.83. The Labute approximate surface area is 234 Å². The van der Waals surface area contributed by atoms with Crippen molar-refractivity contribution in [3.63, 3.8) is 0 Å². The molecule has 208 valence electrons. The van der Waals surface area contributed by atoms with Crippen molar-refractivity contribution in [2.24, 2.45) is 0 Å². The van der Waals surface area contributed by atoms with Crippen LogP contribution in [-0.2, 0) is 24.2 Å². The molecule has 2 aromatic rings. The van der Waals surface area contributed by atoms with Gasteiger partial charge in [0.05, 0.1) is 29.6 Å². The van der Waals surface area contributed by atoms with Crippen molar-refractivity contribution >= 4 is 44.9 Å². The van der Waals surface area contributed by atoms with E-state index in [0.29, 0.717) is 21.2 Å². The second-order valence-electron chi connectivity index (χ2n) is 10.4. The highest BCUT2D eigenvalue weighted by Gasteiger charge is 2.47. The van der Waals surface area contributed by atoms with Gasteiger partial charge in [0.15, 0.2) is 9.84 Å². The Morgan fingerprint density at radius 2 is 1.76 bits per heavy atom. The van der Waals surface area contributed by atoms with E-state index < -0.39 is 50.7 Å².